The second kappa shape index (κ2) is 7.69. The fourth-order valence-electron chi connectivity index (χ4n) is 2.53. The van der Waals surface area contributed by atoms with Crippen LogP contribution in [0.4, 0.5) is 5.69 Å². The van der Waals surface area contributed by atoms with Crippen molar-refractivity contribution in [3.05, 3.63) is 71.9 Å². The van der Waals surface area contributed by atoms with Crippen LogP contribution in [0.3, 0.4) is 0 Å². The quantitative estimate of drug-likeness (QED) is 0.714. The normalized spacial score (nSPS) is 11.8. The van der Waals surface area contributed by atoms with Crippen LogP contribution in [-0.2, 0) is 6.54 Å². The first-order chi connectivity index (χ1) is 12.5. The van der Waals surface area contributed by atoms with E-state index in [0.29, 0.717) is 17.8 Å². The van der Waals surface area contributed by atoms with Gasteiger partial charge in [-0.3, -0.25) is 14.3 Å². The first-order valence-electron chi connectivity index (χ1n) is 8.27. The average Bonchev–Trinajstić information content (AvgIpc) is 3.30. The van der Waals surface area contributed by atoms with Crippen LogP contribution in [0.15, 0.2) is 59.5 Å². The Bertz CT molecular complexity index is 886. The van der Waals surface area contributed by atoms with Crippen LogP contribution in [0.5, 0.6) is 0 Å². The van der Waals surface area contributed by atoms with Crippen molar-refractivity contribution in [1.82, 2.24) is 15.1 Å². The highest BCUT2D eigenvalue weighted by Crippen LogP contribution is 2.18. The van der Waals surface area contributed by atoms with Crippen LogP contribution in [0, 0.1) is 6.92 Å². The molecule has 2 N–H and O–H groups in total. The molecule has 7 heteroatoms. The average molecular weight is 352 g/mol. The molecule has 134 valence electrons. The lowest BCUT2D eigenvalue weighted by Crippen LogP contribution is -2.35. The van der Waals surface area contributed by atoms with E-state index in [1.54, 1.807) is 41.2 Å². The summed E-state index contributed by atoms with van der Waals surface area (Å²) < 4.78 is 6.85. The minimum atomic E-state index is -0.359. The van der Waals surface area contributed by atoms with Gasteiger partial charge in [-0.05, 0) is 49.7 Å². The first-order valence-corrected chi connectivity index (χ1v) is 8.27. The highest BCUT2D eigenvalue weighted by molar-refractivity contribution is 6.03. The minimum absolute atomic E-state index is 0.0927. The molecule has 1 aromatic carbocycles. The van der Waals surface area contributed by atoms with Crippen molar-refractivity contribution in [3.63, 3.8) is 0 Å². The molecule has 1 atom stereocenters. The lowest BCUT2D eigenvalue weighted by Gasteiger charge is -2.15. The van der Waals surface area contributed by atoms with Gasteiger partial charge >= 0.3 is 0 Å². The lowest BCUT2D eigenvalue weighted by molar-refractivity contribution is 0.0934. The number of nitrogens with one attached hydrogen (secondary N) is 2. The predicted octanol–water partition coefficient (Wildman–Crippen LogP) is 2.86. The van der Waals surface area contributed by atoms with Gasteiger partial charge in [-0.25, -0.2) is 0 Å². The van der Waals surface area contributed by atoms with E-state index in [-0.39, 0.29) is 23.6 Å². The molecule has 0 aliphatic rings. The third-order valence-corrected chi connectivity index (χ3v) is 3.89. The van der Waals surface area contributed by atoms with Crippen LogP contribution in [0.1, 0.15) is 33.4 Å². The Morgan fingerprint density at radius 1 is 1.23 bits per heavy atom. The summed E-state index contributed by atoms with van der Waals surface area (Å²) in [6.45, 7) is 4.35. The summed E-state index contributed by atoms with van der Waals surface area (Å²) in [5, 5.41) is 9.83. The van der Waals surface area contributed by atoms with E-state index in [0.717, 1.165) is 5.56 Å². The van der Waals surface area contributed by atoms with Gasteiger partial charge in [0, 0.05) is 29.7 Å². The SMILES string of the molecule is Cc1ccc(C(=O)NC(C)Cn2cccn2)cc1NC(=O)c1ccco1. The summed E-state index contributed by atoms with van der Waals surface area (Å²) in [5.74, 6) is -0.354. The fraction of sp³-hybridized carbons (Fsp3) is 0.211. The Kier molecular flexibility index (Phi) is 5.17. The van der Waals surface area contributed by atoms with E-state index in [1.807, 2.05) is 26.1 Å². The van der Waals surface area contributed by atoms with E-state index in [9.17, 15) is 9.59 Å². The van der Waals surface area contributed by atoms with E-state index in [2.05, 4.69) is 15.7 Å². The Balaban J connectivity index is 1.68. The highest BCUT2D eigenvalue weighted by Gasteiger charge is 2.14. The van der Waals surface area contributed by atoms with Crippen LogP contribution >= 0.6 is 0 Å². The van der Waals surface area contributed by atoms with Crippen LogP contribution < -0.4 is 10.6 Å². The number of anilines is 1. The van der Waals surface area contributed by atoms with Gasteiger partial charge in [0.2, 0.25) is 0 Å². The molecular weight excluding hydrogens is 332 g/mol. The van der Waals surface area contributed by atoms with E-state index in [4.69, 9.17) is 4.42 Å². The number of benzene rings is 1. The number of carbonyl (C=O) groups excluding carboxylic acids is 2. The van der Waals surface area contributed by atoms with Crippen molar-refractivity contribution in [2.75, 3.05) is 5.32 Å². The van der Waals surface area contributed by atoms with E-state index >= 15 is 0 Å². The third kappa shape index (κ3) is 4.18. The second-order valence-electron chi connectivity index (χ2n) is 6.06. The van der Waals surface area contributed by atoms with Crippen LogP contribution in [-0.4, -0.2) is 27.6 Å². The number of amides is 2. The smallest absolute Gasteiger partial charge is 0.291 e. The number of hydrogen-bond donors (Lipinski definition) is 2. The number of hydrogen-bond acceptors (Lipinski definition) is 4. The third-order valence-electron chi connectivity index (χ3n) is 3.89. The molecule has 7 nitrogen and oxygen atoms in total. The maximum atomic E-state index is 12.5. The summed E-state index contributed by atoms with van der Waals surface area (Å²) in [4.78, 5) is 24.6. The Morgan fingerprint density at radius 2 is 2.08 bits per heavy atom. The molecule has 0 aliphatic carbocycles. The molecule has 2 heterocycles. The highest BCUT2D eigenvalue weighted by atomic mass is 16.3. The number of aromatic nitrogens is 2. The second-order valence-corrected chi connectivity index (χ2v) is 6.06. The topological polar surface area (TPSA) is 89.2 Å². The molecule has 3 rings (SSSR count). The molecule has 26 heavy (non-hydrogen) atoms. The molecule has 0 radical (unpaired) electrons. The maximum Gasteiger partial charge on any atom is 0.291 e. The number of aryl methyl sites for hydroxylation is 1. The summed E-state index contributed by atoms with van der Waals surface area (Å²) in [7, 11) is 0. The standard InChI is InChI=1S/C19H20N4O3/c1-13-6-7-15(11-16(13)22-19(25)17-5-3-10-26-17)18(24)21-14(2)12-23-9-4-8-20-23/h3-11,14H,12H2,1-2H3,(H,21,24)(H,22,25). The summed E-state index contributed by atoms with van der Waals surface area (Å²) in [6.07, 6.45) is 4.98. The molecule has 0 fully saturated rings. The number of furan rings is 1. The molecule has 2 aromatic heterocycles. The largest absolute Gasteiger partial charge is 0.459 e. The van der Waals surface area contributed by atoms with E-state index in [1.165, 1.54) is 6.26 Å². The molecule has 0 aliphatic heterocycles. The molecular formula is C19H20N4O3. The van der Waals surface area contributed by atoms with Crippen molar-refractivity contribution >= 4 is 17.5 Å². The van der Waals surface area contributed by atoms with Gasteiger partial charge in [0.1, 0.15) is 0 Å². The first kappa shape index (κ1) is 17.5. The zero-order chi connectivity index (χ0) is 18.5. The van der Waals surface area contributed by atoms with Crippen molar-refractivity contribution in [1.29, 1.82) is 0 Å². The molecule has 0 bridgehead atoms. The van der Waals surface area contributed by atoms with E-state index < -0.39 is 0 Å². The van der Waals surface area contributed by atoms with Crippen molar-refractivity contribution in [2.45, 2.75) is 26.4 Å². The van der Waals surface area contributed by atoms with Gasteiger partial charge in [-0.2, -0.15) is 5.10 Å². The Hall–Kier alpha value is -3.35. The number of nitrogens with zero attached hydrogens (tertiary/aromatic N) is 2. The zero-order valence-electron chi connectivity index (χ0n) is 14.6. The monoisotopic (exact) mass is 352 g/mol. The molecule has 3 aromatic rings. The van der Waals surface area contributed by atoms with Crippen molar-refractivity contribution in [3.8, 4) is 0 Å². The van der Waals surface area contributed by atoms with Gasteiger partial charge < -0.3 is 15.1 Å². The molecule has 2 amide bonds. The molecule has 0 spiro atoms. The van der Waals surface area contributed by atoms with Crippen LogP contribution in [0.25, 0.3) is 0 Å². The van der Waals surface area contributed by atoms with Crippen LogP contribution in [0.2, 0.25) is 0 Å². The summed E-state index contributed by atoms with van der Waals surface area (Å²) >= 11 is 0. The maximum absolute atomic E-state index is 12.5. The molecule has 0 saturated heterocycles. The number of carbonyl (C=O) groups is 2. The van der Waals surface area contributed by atoms with Crippen molar-refractivity contribution in [2.24, 2.45) is 0 Å². The molecule has 0 saturated carbocycles. The van der Waals surface area contributed by atoms with Gasteiger partial charge in [-0.15, -0.1) is 0 Å². The molecule has 1 unspecified atom stereocenters. The van der Waals surface area contributed by atoms with Gasteiger partial charge in [-0.1, -0.05) is 6.07 Å². The Morgan fingerprint density at radius 3 is 2.77 bits per heavy atom. The Labute approximate surface area is 151 Å². The predicted molar refractivity (Wildman–Crippen MR) is 97.0 cm³/mol. The summed E-state index contributed by atoms with van der Waals surface area (Å²) in [5.41, 5.74) is 1.89. The zero-order valence-corrected chi connectivity index (χ0v) is 14.6. The van der Waals surface area contributed by atoms with Crippen molar-refractivity contribution < 1.29 is 14.0 Å². The van der Waals surface area contributed by atoms with Gasteiger partial charge in [0.15, 0.2) is 5.76 Å². The summed E-state index contributed by atoms with van der Waals surface area (Å²) in [6, 6.07) is 10.2. The van der Waals surface area contributed by atoms with Gasteiger partial charge in [0.25, 0.3) is 11.8 Å². The van der Waals surface area contributed by atoms with Gasteiger partial charge in [0.05, 0.1) is 12.8 Å². The lowest BCUT2D eigenvalue weighted by atomic mass is 10.1. The number of rotatable bonds is 6. The minimum Gasteiger partial charge on any atom is -0.459 e. The fourth-order valence-corrected chi connectivity index (χ4v) is 2.53.